The van der Waals surface area contributed by atoms with E-state index in [9.17, 15) is 10.2 Å². The van der Waals surface area contributed by atoms with E-state index >= 15 is 0 Å². The fourth-order valence-electron chi connectivity index (χ4n) is 4.26. The van der Waals surface area contributed by atoms with Crippen molar-refractivity contribution in [2.24, 2.45) is 0 Å². The van der Waals surface area contributed by atoms with Gasteiger partial charge in [-0.25, -0.2) is 0 Å². The van der Waals surface area contributed by atoms with Gasteiger partial charge in [0.2, 0.25) is 0 Å². The highest BCUT2D eigenvalue weighted by Crippen LogP contribution is 2.34. The van der Waals surface area contributed by atoms with Crippen LogP contribution < -0.4 is 14.2 Å². The van der Waals surface area contributed by atoms with Crippen LogP contribution in [0.2, 0.25) is 0 Å². The van der Waals surface area contributed by atoms with Crippen LogP contribution in [0.3, 0.4) is 0 Å². The molecule has 0 saturated heterocycles. The standard InChI is InChI=1S/C33H43ClO5/c1-7-33(6,31(36)22-38-28-14-8-24(9-15-28)23(2)3)39-30-18-12-26(13-19-30)32(4,5)25-10-16-29(17-11-25)37-21-27(35)20-34/h8-19,23,27,31,35-36H,7,20-22H2,1-6H3. The van der Waals surface area contributed by atoms with E-state index in [4.69, 9.17) is 25.8 Å². The minimum atomic E-state index is -0.810. The Balaban J connectivity index is 1.63. The molecule has 6 heteroatoms. The topological polar surface area (TPSA) is 68.2 Å². The van der Waals surface area contributed by atoms with Gasteiger partial charge >= 0.3 is 0 Å². The Morgan fingerprint density at radius 2 is 1.18 bits per heavy atom. The number of halogens is 1. The van der Waals surface area contributed by atoms with Crippen LogP contribution >= 0.6 is 11.6 Å². The molecule has 0 amide bonds. The Morgan fingerprint density at radius 1 is 0.718 bits per heavy atom. The zero-order valence-corrected chi connectivity index (χ0v) is 24.7. The predicted molar refractivity (Wildman–Crippen MR) is 159 cm³/mol. The lowest BCUT2D eigenvalue weighted by molar-refractivity contribution is -0.0630. The van der Waals surface area contributed by atoms with Gasteiger partial charge in [0.1, 0.15) is 48.3 Å². The van der Waals surface area contributed by atoms with Crippen molar-refractivity contribution in [1.29, 1.82) is 0 Å². The van der Waals surface area contributed by atoms with Crippen molar-refractivity contribution in [1.82, 2.24) is 0 Å². The van der Waals surface area contributed by atoms with E-state index < -0.39 is 17.8 Å². The summed E-state index contributed by atoms with van der Waals surface area (Å²) >= 11 is 5.63. The summed E-state index contributed by atoms with van der Waals surface area (Å²) in [6.07, 6.45) is -0.878. The number of aliphatic hydroxyl groups excluding tert-OH is 2. The normalized spacial score (nSPS) is 14.9. The lowest BCUT2D eigenvalue weighted by Crippen LogP contribution is -2.47. The molecule has 3 atom stereocenters. The molecular formula is C33H43ClO5. The predicted octanol–water partition coefficient (Wildman–Crippen LogP) is 7.10. The highest BCUT2D eigenvalue weighted by Gasteiger charge is 2.34. The van der Waals surface area contributed by atoms with Crippen LogP contribution in [0.15, 0.2) is 72.8 Å². The quantitative estimate of drug-likeness (QED) is 0.208. The number of hydrogen-bond donors (Lipinski definition) is 2. The van der Waals surface area contributed by atoms with Gasteiger partial charge in [0.05, 0.1) is 5.88 Å². The summed E-state index contributed by atoms with van der Waals surface area (Å²) < 4.78 is 17.8. The first-order valence-corrected chi connectivity index (χ1v) is 14.2. The van der Waals surface area contributed by atoms with Crippen molar-refractivity contribution < 1.29 is 24.4 Å². The number of rotatable bonds is 14. The lowest BCUT2D eigenvalue weighted by atomic mass is 9.78. The maximum absolute atomic E-state index is 11.0. The van der Waals surface area contributed by atoms with Gasteiger partial charge in [-0.2, -0.15) is 0 Å². The summed E-state index contributed by atoms with van der Waals surface area (Å²) in [5, 5.41) is 20.6. The molecule has 3 rings (SSSR count). The van der Waals surface area contributed by atoms with Crippen molar-refractivity contribution in [3.8, 4) is 17.2 Å². The van der Waals surface area contributed by atoms with Crippen LogP contribution in [0.5, 0.6) is 17.2 Å². The van der Waals surface area contributed by atoms with Gasteiger partial charge < -0.3 is 24.4 Å². The molecule has 0 fully saturated rings. The fraction of sp³-hybridized carbons (Fsp3) is 0.455. The van der Waals surface area contributed by atoms with E-state index in [2.05, 4.69) is 52.0 Å². The third-order valence-corrected chi connectivity index (χ3v) is 7.84. The summed E-state index contributed by atoms with van der Waals surface area (Å²) in [6.45, 7) is 12.9. The molecule has 0 aliphatic rings. The lowest BCUT2D eigenvalue weighted by Gasteiger charge is -2.34. The van der Waals surface area contributed by atoms with Gasteiger partial charge in [-0.3, -0.25) is 0 Å². The highest BCUT2D eigenvalue weighted by atomic mass is 35.5. The molecule has 0 aliphatic heterocycles. The van der Waals surface area contributed by atoms with Gasteiger partial charge in [0, 0.05) is 5.41 Å². The number of hydrogen-bond acceptors (Lipinski definition) is 5. The summed E-state index contributed by atoms with van der Waals surface area (Å²) in [7, 11) is 0. The van der Waals surface area contributed by atoms with Crippen LogP contribution in [0, 0.1) is 0 Å². The average Bonchev–Trinajstić information content (AvgIpc) is 2.95. The highest BCUT2D eigenvalue weighted by molar-refractivity contribution is 6.18. The van der Waals surface area contributed by atoms with Gasteiger partial charge in [-0.05, 0) is 72.4 Å². The number of benzene rings is 3. The second-order valence-electron chi connectivity index (χ2n) is 11.1. The monoisotopic (exact) mass is 554 g/mol. The second kappa shape index (κ2) is 13.6. The van der Waals surface area contributed by atoms with Crippen LogP contribution in [0.1, 0.15) is 70.6 Å². The largest absolute Gasteiger partial charge is 0.491 e. The van der Waals surface area contributed by atoms with E-state index in [0.717, 1.165) is 16.9 Å². The van der Waals surface area contributed by atoms with Crippen LogP contribution in [0.4, 0.5) is 0 Å². The molecule has 0 heterocycles. The van der Waals surface area contributed by atoms with E-state index in [1.165, 1.54) is 5.56 Å². The molecule has 39 heavy (non-hydrogen) atoms. The molecule has 5 nitrogen and oxygen atoms in total. The molecule has 0 spiro atoms. The van der Waals surface area contributed by atoms with Crippen molar-refractivity contribution in [2.45, 2.75) is 77.1 Å². The molecule has 2 N–H and O–H groups in total. The summed E-state index contributed by atoms with van der Waals surface area (Å²) in [5.41, 5.74) is 2.46. The van der Waals surface area contributed by atoms with Gasteiger partial charge in [-0.1, -0.05) is 71.0 Å². The summed E-state index contributed by atoms with van der Waals surface area (Å²) in [5.74, 6) is 2.72. The zero-order chi connectivity index (χ0) is 28.6. The van der Waals surface area contributed by atoms with E-state index in [1.54, 1.807) is 0 Å². The van der Waals surface area contributed by atoms with E-state index in [1.807, 2.05) is 62.4 Å². The Labute approximate surface area is 238 Å². The molecule has 3 aromatic carbocycles. The zero-order valence-electron chi connectivity index (χ0n) is 24.0. The first-order valence-electron chi connectivity index (χ1n) is 13.7. The Kier molecular flexibility index (Phi) is 10.7. The molecule has 0 aliphatic carbocycles. The molecule has 0 saturated carbocycles. The minimum Gasteiger partial charge on any atom is -0.491 e. The number of alkyl halides is 1. The molecule has 0 radical (unpaired) electrons. The van der Waals surface area contributed by atoms with Crippen LogP contribution in [-0.2, 0) is 5.41 Å². The Morgan fingerprint density at radius 3 is 1.64 bits per heavy atom. The third-order valence-electron chi connectivity index (χ3n) is 7.49. The van der Waals surface area contributed by atoms with Gasteiger partial charge in [0.15, 0.2) is 0 Å². The Bertz CT molecular complexity index is 1140. The van der Waals surface area contributed by atoms with E-state index in [-0.39, 0.29) is 24.5 Å². The molecule has 212 valence electrons. The number of ether oxygens (including phenoxy) is 3. The minimum absolute atomic E-state index is 0.140. The Hall–Kier alpha value is -2.73. The van der Waals surface area contributed by atoms with Crippen molar-refractivity contribution in [3.63, 3.8) is 0 Å². The fourth-order valence-corrected chi connectivity index (χ4v) is 4.35. The van der Waals surface area contributed by atoms with Gasteiger partial charge in [-0.15, -0.1) is 11.6 Å². The third kappa shape index (κ3) is 8.14. The molecule has 3 aromatic rings. The van der Waals surface area contributed by atoms with Crippen molar-refractivity contribution in [3.05, 3.63) is 89.5 Å². The van der Waals surface area contributed by atoms with Crippen molar-refractivity contribution in [2.75, 3.05) is 19.1 Å². The number of aliphatic hydroxyl groups is 2. The van der Waals surface area contributed by atoms with Crippen LogP contribution in [0.25, 0.3) is 0 Å². The molecule has 3 unspecified atom stereocenters. The van der Waals surface area contributed by atoms with E-state index in [0.29, 0.717) is 23.8 Å². The average molecular weight is 555 g/mol. The molecule has 0 aromatic heterocycles. The van der Waals surface area contributed by atoms with Crippen molar-refractivity contribution >= 4 is 11.6 Å². The summed E-state index contributed by atoms with van der Waals surface area (Å²) in [4.78, 5) is 0. The second-order valence-corrected chi connectivity index (χ2v) is 11.4. The van der Waals surface area contributed by atoms with Crippen LogP contribution in [-0.4, -0.2) is 47.1 Å². The molecular weight excluding hydrogens is 512 g/mol. The molecule has 0 bridgehead atoms. The van der Waals surface area contributed by atoms with Gasteiger partial charge in [0.25, 0.3) is 0 Å². The smallest absolute Gasteiger partial charge is 0.135 e. The first kappa shape index (κ1) is 30.8. The maximum Gasteiger partial charge on any atom is 0.135 e. The summed E-state index contributed by atoms with van der Waals surface area (Å²) in [6, 6.07) is 23.9. The SMILES string of the molecule is CCC(C)(Oc1ccc(C(C)(C)c2ccc(OCC(O)CCl)cc2)cc1)C(O)COc1ccc(C(C)C)cc1. The maximum atomic E-state index is 11.0. The first-order chi connectivity index (χ1) is 18.5.